The summed E-state index contributed by atoms with van der Waals surface area (Å²) in [6.45, 7) is 4.37. The summed E-state index contributed by atoms with van der Waals surface area (Å²) < 4.78 is 0. The molecule has 0 radical (unpaired) electrons. The van der Waals surface area contributed by atoms with Crippen LogP contribution in [-0.2, 0) is 0 Å². The molecule has 0 aliphatic heterocycles. The molecule has 4 aliphatic carbocycles. The van der Waals surface area contributed by atoms with Crippen molar-refractivity contribution in [2.75, 3.05) is 0 Å². The molecule has 0 atom stereocenters. The van der Waals surface area contributed by atoms with E-state index in [-0.39, 0.29) is 5.78 Å². The summed E-state index contributed by atoms with van der Waals surface area (Å²) in [5.74, 6) is 3.50. The number of carbonyl (C=O) groups excluding carboxylic acids is 1. The highest BCUT2D eigenvalue weighted by Gasteiger charge is 2.49. The van der Waals surface area contributed by atoms with Gasteiger partial charge in [-0.25, -0.2) is 0 Å². The maximum Gasteiger partial charge on any atom is 0.185 e. The van der Waals surface area contributed by atoms with Crippen molar-refractivity contribution in [2.24, 2.45) is 23.2 Å². The van der Waals surface area contributed by atoms with Crippen LogP contribution in [0.2, 0.25) is 0 Å². The number of allylic oxidation sites excluding steroid dienone is 2. The van der Waals surface area contributed by atoms with Crippen LogP contribution in [0.25, 0.3) is 0 Å². The van der Waals surface area contributed by atoms with Gasteiger partial charge >= 0.3 is 0 Å². The Hall–Kier alpha value is -1.37. The molecule has 4 fully saturated rings. The second kappa shape index (κ2) is 5.61. The number of carbonyl (C=O) groups is 1. The molecule has 0 aromatic heterocycles. The lowest BCUT2D eigenvalue weighted by Gasteiger charge is -2.55. The molecule has 0 N–H and O–H groups in total. The Bertz CT molecular complexity index is 585. The Kier molecular flexibility index (Phi) is 3.70. The van der Waals surface area contributed by atoms with Crippen molar-refractivity contribution in [3.63, 3.8) is 0 Å². The van der Waals surface area contributed by atoms with Crippen LogP contribution in [0, 0.1) is 23.2 Å². The Morgan fingerprint density at radius 3 is 2.00 bits per heavy atom. The van der Waals surface area contributed by atoms with Crippen LogP contribution >= 0.6 is 0 Å². The molecule has 5 rings (SSSR count). The molecule has 4 bridgehead atoms. The second-order valence-electron chi connectivity index (χ2n) is 8.75. The van der Waals surface area contributed by atoms with Crippen molar-refractivity contribution in [1.82, 2.24) is 0 Å². The SMILES string of the molecule is CC(C)c1ccc(C(=O)C=CC23CC4CC(CC(C4)C2)C3)cc1. The third kappa shape index (κ3) is 2.91. The molecule has 0 saturated heterocycles. The average Bonchev–Trinajstić information content (AvgIpc) is 2.51. The number of ketones is 1. The first-order valence-corrected chi connectivity index (χ1v) is 9.36. The zero-order valence-electron chi connectivity index (χ0n) is 14.4. The summed E-state index contributed by atoms with van der Waals surface area (Å²) in [4.78, 5) is 12.5. The van der Waals surface area contributed by atoms with Gasteiger partial charge in [0.15, 0.2) is 5.78 Å². The zero-order chi connectivity index (χ0) is 16.0. The average molecular weight is 308 g/mol. The fraction of sp³-hybridized carbons (Fsp3) is 0.591. The molecular weight excluding hydrogens is 280 g/mol. The Morgan fingerprint density at radius 2 is 1.52 bits per heavy atom. The van der Waals surface area contributed by atoms with Crippen LogP contribution in [0.4, 0.5) is 0 Å². The molecule has 4 aliphatic rings. The molecule has 0 amide bonds. The van der Waals surface area contributed by atoms with E-state index in [1.54, 1.807) is 0 Å². The lowest BCUT2D eigenvalue weighted by Crippen LogP contribution is -2.45. The van der Waals surface area contributed by atoms with Crippen molar-refractivity contribution >= 4 is 5.78 Å². The summed E-state index contributed by atoms with van der Waals surface area (Å²) in [7, 11) is 0. The maximum atomic E-state index is 12.5. The third-order valence-electron chi connectivity index (χ3n) is 6.54. The highest BCUT2D eigenvalue weighted by atomic mass is 16.1. The molecule has 0 unspecified atom stereocenters. The summed E-state index contributed by atoms with van der Waals surface area (Å²) in [6, 6.07) is 8.16. The van der Waals surface area contributed by atoms with Gasteiger partial charge < -0.3 is 0 Å². The van der Waals surface area contributed by atoms with E-state index in [9.17, 15) is 4.79 Å². The van der Waals surface area contributed by atoms with Crippen LogP contribution in [0.3, 0.4) is 0 Å². The van der Waals surface area contributed by atoms with Gasteiger partial charge in [0.05, 0.1) is 0 Å². The first-order chi connectivity index (χ1) is 11.0. The van der Waals surface area contributed by atoms with Crippen LogP contribution in [-0.4, -0.2) is 5.78 Å². The normalized spacial score (nSPS) is 35.3. The van der Waals surface area contributed by atoms with E-state index in [1.807, 2.05) is 18.2 Å². The van der Waals surface area contributed by atoms with Crippen LogP contribution in [0.1, 0.15) is 74.2 Å². The van der Waals surface area contributed by atoms with E-state index < -0.39 is 0 Å². The molecule has 122 valence electrons. The minimum atomic E-state index is 0.177. The number of rotatable bonds is 4. The van der Waals surface area contributed by atoms with E-state index in [0.717, 1.165) is 23.3 Å². The molecule has 0 spiro atoms. The maximum absolute atomic E-state index is 12.5. The molecule has 1 heteroatoms. The van der Waals surface area contributed by atoms with Crippen LogP contribution in [0.5, 0.6) is 0 Å². The lowest BCUT2D eigenvalue weighted by atomic mass is 9.49. The molecule has 4 saturated carbocycles. The van der Waals surface area contributed by atoms with Crippen molar-refractivity contribution in [2.45, 2.75) is 58.3 Å². The van der Waals surface area contributed by atoms with Gasteiger partial charge in [-0.3, -0.25) is 4.79 Å². The lowest BCUT2D eigenvalue weighted by molar-refractivity contribution is -0.0238. The largest absolute Gasteiger partial charge is 0.289 e. The van der Waals surface area contributed by atoms with E-state index >= 15 is 0 Å². The van der Waals surface area contributed by atoms with E-state index in [1.165, 1.54) is 44.1 Å². The Morgan fingerprint density at radius 1 is 1.00 bits per heavy atom. The standard InChI is InChI=1S/C22H28O/c1-15(2)19-3-5-20(6-4-19)21(23)7-8-22-12-16-9-17(13-22)11-18(10-16)14-22/h3-8,15-18H,9-14H2,1-2H3. The molecule has 1 aromatic rings. The van der Waals surface area contributed by atoms with Gasteiger partial charge in [-0.1, -0.05) is 44.2 Å². The molecule has 1 nitrogen and oxygen atoms in total. The highest BCUT2D eigenvalue weighted by molar-refractivity contribution is 6.04. The summed E-state index contributed by atoms with van der Waals surface area (Å²) in [5.41, 5.74) is 2.48. The Balaban J connectivity index is 1.49. The predicted molar refractivity (Wildman–Crippen MR) is 94.6 cm³/mol. The third-order valence-corrected chi connectivity index (χ3v) is 6.54. The van der Waals surface area contributed by atoms with Crippen molar-refractivity contribution in [3.05, 3.63) is 47.5 Å². The van der Waals surface area contributed by atoms with E-state index in [4.69, 9.17) is 0 Å². The van der Waals surface area contributed by atoms with Gasteiger partial charge in [-0.15, -0.1) is 0 Å². The predicted octanol–water partition coefficient (Wildman–Crippen LogP) is 5.77. The second-order valence-corrected chi connectivity index (χ2v) is 8.75. The monoisotopic (exact) mass is 308 g/mol. The van der Waals surface area contributed by atoms with Crippen molar-refractivity contribution < 1.29 is 4.79 Å². The van der Waals surface area contributed by atoms with Gasteiger partial charge in [-0.2, -0.15) is 0 Å². The first kappa shape index (κ1) is 15.2. The molecular formula is C22H28O. The van der Waals surface area contributed by atoms with Crippen LogP contribution in [0.15, 0.2) is 36.4 Å². The van der Waals surface area contributed by atoms with E-state index in [0.29, 0.717) is 11.3 Å². The summed E-state index contributed by atoms with van der Waals surface area (Å²) >= 11 is 0. The number of hydrogen-bond donors (Lipinski definition) is 0. The first-order valence-electron chi connectivity index (χ1n) is 9.36. The topological polar surface area (TPSA) is 17.1 Å². The van der Waals surface area contributed by atoms with Gasteiger partial charge in [-0.05, 0) is 79.3 Å². The molecule has 23 heavy (non-hydrogen) atoms. The van der Waals surface area contributed by atoms with Crippen molar-refractivity contribution in [1.29, 1.82) is 0 Å². The van der Waals surface area contributed by atoms with Gasteiger partial charge in [0.25, 0.3) is 0 Å². The van der Waals surface area contributed by atoms with Crippen molar-refractivity contribution in [3.8, 4) is 0 Å². The summed E-state index contributed by atoms with van der Waals surface area (Å²) in [6.07, 6.45) is 12.5. The smallest absolute Gasteiger partial charge is 0.185 e. The van der Waals surface area contributed by atoms with Gasteiger partial charge in [0, 0.05) is 5.56 Å². The molecule has 0 heterocycles. The quantitative estimate of drug-likeness (QED) is 0.510. The minimum Gasteiger partial charge on any atom is -0.289 e. The fourth-order valence-electron chi connectivity index (χ4n) is 5.76. The van der Waals surface area contributed by atoms with Gasteiger partial charge in [0.1, 0.15) is 0 Å². The zero-order valence-corrected chi connectivity index (χ0v) is 14.4. The van der Waals surface area contributed by atoms with E-state index in [2.05, 4.69) is 32.1 Å². The number of hydrogen-bond acceptors (Lipinski definition) is 1. The molecule has 1 aromatic carbocycles. The van der Waals surface area contributed by atoms with Gasteiger partial charge in [0.2, 0.25) is 0 Å². The fourth-order valence-corrected chi connectivity index (χ4v) is 5.76. The summed E-state index contributed by atoms with van der Waals surface area (Å²) in [5, 5.41) is 0. The van der Waals surface area contributed by atoms with Crippen LogP contribution < -0.4 is 0 Å². The minimum absolute atomic E-state index is 0.177. The number of benzene rings is 1. The Labute approximate surface area is 140 Å². The highest BCUT2D eigenvalue weighted by Crippen LogP contribution is 2.60.